The number of rotatable bonds is 2. The molecule has 0 atom stereocenters. The van der Waals surface area contributed by atoms with Gasteiger partial charge in [-0.05, 0) is 24.3 Å². The molecule has 1 amide bonds. The highest BCUT2D eigenvalue weighted by atomic mass is 35.5. The second kappa shape index (κ2) is 5.08. The Balaban J connectivity index is 1.69. The van der Waals surface area contributed by atoms with Crippen molar-refractivity contribution in [2.24, 2.45) is 0 Å². The fraction of sp³-hybridized carbons (Fsp3) is 0. The van der Waals surface area contributed by atoms with Crippen LogP contribution in [-0.4, -0.2) is 21.3 Å². The highest BCUT2D eigenvalue weighted by Gasteiger charge is 2.17. The molecule has 2 aromatic heterocycles. The lowest BCUT2D eigenvalue weighted by molar-refractivity contribution is 0.103. The summed E-state index contributed by atoms with van der Waals surface area (Å²) < 4.78 is 0.990. The van der Waals surface area contributed by atoms with Crippen molar-refractivity contribution in [3.63, 3.8) is 0 Å². The maximum Gasteiger partial charge on any atom is 0.267 e. The summed E-state index contributed by atoms with van der Waals surface area (Å²) >= 11 is 7.70. The van der Waals surface area contributed by atoms with Gasteiger partial charge in [-0.2, -0.15) is 0 Å². The van der Waals surface area contributed by atoms with E-state index in [0.29, 0.717) is 21.1 Å². The van der Waals surface area contributed by atoms with E-state index in [1.54, 1.807) is 12.1 Å². The van der Waals surface area contributed by atoms with E-state index in [2.05, 4.69) is 20.7 Å². The molecule has 2 aromatic carbocycles. The van der Waals surface area contributed by atoms with Crippen LogP contribution in [0.1, 0.15) is 9.67 Å². The quantitative estimate of drug-likeness (QED) is 0.582. The Bertz CT molecular complexity index is 1010. The molecule has 0 saturated heterocycles. The van der Waals surface area contributed by atoms with Gasteiger partial charge in [0, 0.05) is 15.8 Å². The van der Waals surface area contributed by atoms with Crippen LogP contribution in [0.2, 0.25) is 5.02 Å². The average molecular weight is 329 g/mol. The van der Waals surface area contributed by atoms with Gasteiger partial charge in [0.1, 0.15) is 10.4 Å². The molecule has 0 aliphatic carbocycles. The first-order valence-corrected chi connectivity index (χ1v) is 7.71. The van der Waals surface area contributed by atoms with Crippen LogP contribution in [0.5, 0.6) is 0 Å². The van der Waals surface area contributed by atoms with E-state index in [1.165, 1.54) is 11.3 Å². The summed E-state index contributed by atoms with van der Waals surface area (Å²) in [5.74, 6) is -0.228. The van der Waals surface area contributed by atoms with Crippen molar-refractivity contribution in [3.8, 4) is 0 Å². The zero-order valence-electron chi connectivity index (χ0n) is 11.1. The van der Waals surface area contributed by atoms with Crippen molar-refractivity contribution in [1.82, 2.24) is 15.4 Å². The van der Waals surface area contributed by atoms with Crippen molar-refractivity contribution in [2.45, 2.75) is 0 Å². The number of halogens is 1. The molecule has 2 heterocycles. The molecular weight excluding hydrogens is 320 g/mol. The molecule has 0 unspecified atom stereocenters. The number of anilines is 1. The highest BCUT2D eigenvalue weighted by molar-refractivity contribution is 7.21. The highest BCUT2D eigenvalue weighted by Crippen LogP contribution is 2.35. The largest absolute Gasteiger partial charge is 0.321 e. The molecule has 0 aliphatic rings. The summed E-state index contributed by atoms with van der Waals surface area (Å²) in [6.45, 7) is 0. The maximum atomic E-state index is 12.4. The van der Waals surface area contributed by atoms with E-state index in [9.17, 15) is 4.79 Å². The minimum Gasteiger partial charge on any atom is -0.321 e. The number of hydrogen-bond donors (Lipinski definition) is 2. The number of carbonyl (C=O) groups excluding carboxylic acids is 1. The minimum atomic E-state index is -0.228. The zero-order valence-corrected chi connectivity index (χ0v) is 12.7. The van der Waals surface area contributed by atoms with Gasteiger partial charge in [0.05, 0.1) is 10.5 Å². The summed E-state index contributed by atoms with van der Waals surface area (Å²) in [5, 5.41) is 14.6. The lowest BCUT2D eigenvalue weighted by Crippen LogP contribution is -2.10. The molecule has 0 radical (unpaired) electrons. The van der Waals surface area contributed by atoms with Crippen LogP contribution < -0.4 is 5.32 Å². The van der Waals surface area contributed by atoms with E-state index < -0.39 is 0 Å². The Labute approximate surface area is 133 Å². The smallest absolute Gasteiger partial charge is 0.267 e. The topological polar surface area (TPSA) is 70.7 Å². The summed E-state index contributed by atoms with van der Waals surface area (Å²) in [7, 11) is 0. The number of benzene rings is 2. The van der Waals surface area contributed by atoms with Crippen LogP contribution in [0.25, 0.3) is 21.1 Å². The Hall–Kier alpha value is -2.44. The summed E-state index contributed by atoms with van der Waals surface area (Å²) in [6, 6.07) is 13.1. The van der Waals surface area contributed by atoms with Crippen molar-refractivity contribution in [3.05, 3.63) is 52.4 Å². The van der Waals surface area contributed by atoms with Crippen LogP contribution in [-0.2, 0) is 0 Å². The number of nitrogens with zero attached hydrogens (tertiary/aromatic N) is 2. The van der Waals surface area contributed by atoms with Gasteiger partial charge in [-0.25, -0.2) is 0 Å². The fourth-order valence-corrected chi connectivity index (χ4v) is 3.68. The van der Waals surface area contributed by atoms with Crippen molar-refractivity contribution < 1.29 is 4.79 Å². The van der Waals surface area contributed by atoms with Gasteiger partial charge in [0.2, 0.25) is 0 Å². The number of H-pyrrole nitrogens is 1. The van der Waals surface area contributed by atoms with Crippen LogP contribution in [0.15, 0.2) is 42.5 Å². The SMILES string of the molecule is O=C(Nc1ccc2[nH]nnc2c1)c1sc2ccccc2c1Cl. The van der Waals surface area contributed by atoms with E-state index in [-0.39, 0.29) is 5.91 Å². The summed E-state index contributed by atoms with van der Waals surface area (Å²) in [4.78, 5) is 13.0. The van der Waals surface area contributed by atoms with Crippen LogP contribution >= 0.6 is 22.9 Å². The van der Waals surface area contributed by atoms with Gasteiger partial charge < -0.3 is 5.32 Å². The first-order chi connectivity index (χ1) is 10.7. The van der Waals surface area contributed by atoms with Gasteiger partial charge in [-0.3, -0.25) is 9.89 Å². The summed E-state index contributed by atoms with van der Waals surface area (Å²) in [5.41, 5.74) is 2.16. The number of aromatic amines is 1. The molecule has 0 fully saturated rings. The standard InChI is InChI=1S/C15H9ClN4OS/c16-13-9-3-1-2-4-12(9)22-14(13)15(21)17-8-5-6-10-11(7-8)19-20-18-10/h1-7H,(H,17,21)(H,18,19,20). The second-order valence-corrected chi connectivity index (χ2v) is 6.17. The first-order valence-electron chi connectivity index (χ1n) is 6.51. The minimum absolute atomic E-state index is 0.228. The summed E-state index contributed by atoms with van der Waals surface area (Å²) in [6.07, 6.45) is 0. The molecule has 22 heavy (non-hydrogen) atoms. The number of thiophene rings is 1. The molecule has 0 spiro atoms. The molecule has 5 nitrogen and oxygen atoms in total. The van der Waals surface area contributed by atoms with E-state index >= 15 is 0 Å². The van der Waals surface area contributed by atoms with E-state index in [4.69, 9.17) is 11.6 Å². The number of nitrogens with one attached hydrogen (secondary N) is 2. The molecule has 4 aromatic rings. The Morgan fingerprint density at radius 1 is 1.23 bits per heavy atom. The molecule has 2 N–H and O–H groups in total. The molecule has 7 heteroatoms. The molecule has 0 saturated carbocycles. The number of amides is 1. The fourth-order valence-electron chi connectivity index (χ4n) is 2.27. The number of hydrogen-bond acceptors (Lipinski definition) is 4. The number of aromatic nitrogens is 3. The lowest BCUT2D eigenvalue weighted by atomic mass is 10.2. The second-order valence-electron chi connectivity index (χ2n) is 4.74. The predicted octanol–water partition coefficient (Wildman–Crippen LogP) is 4.08. The first kappa shape index (κ1) is 13.2. The van der Waals surface area contributed by atoms with Gasteiger partial charge in [0.15, 0.2) is 0 Å². The molecule has 108 valence electrons. The normalized spacial score (nSPS) is 11.1. The molecule has 4 rings (SSSR count). The third-order valence-corrected chi connectivity index (χ3v) is 5.00. The van der Waals surface area contributed by atoms with Crippen molar-refractivity contribution in [2.75, 3.05) is 5.32 Å². The van der Waals surface area contributed by atoms with Crippen molar-refractivity contribution in [1.29, 1.82) is 0 Å². The van der Waals surface area contributed by atoms with Crippen LogP contribution in [0.3, 0.4) is 0 Å². The van der Waals surface area contributed by atoms with Gasteiger partial charge in [0.25, 0.3) is 5.91 Å². The van der Waals surface area contributed by atoms with Crippen molar-refractivity contribution >= 4 is 55.7 Å². The molecule has 0 bridgehead atoms. The maximum absolute atomic E-state index is 12.4. The Kier molecular flexibility index (Phi) is 3.06. The third-order valence-electron chi connectivity index (χ3n) is 3.32. The molecule has 0 aliphatic heterocycles. The third kappa shape index (κ3) is 2.13. The number of carbonyl (C=O) groups is 1. The molecular formula is C15H9ClN4OS. The van der Waals surface area contributed by atoms with Crippen LogP contribution in [0.4, 0.5) is 5.69 Å². The zero-order chi connectivity index (χ0) is 15.1. The van der Waals surface area contributed by atoms with E-state index in [1.807, 2.05) is 30.3 Å². The Morgan fingerprint density at radius 3 is 2.95 bits per heavy atom. The Morgan fingerprint density at radius 2 is 2.09 bits per heavy atom. The number of fused-ring (bicyclic) bond motifs is 2. The average Bonchev–Trinajstić information content (AvgIpc) is 3.12. The monoisotopic (exact) mass is 328 g/mol. The van der Waals surface area contributed by atoms with E-state index in [0.717, 1.165) is 15.6 Å². The van der Waals surface area contributed by atoms with Gasteiger partial charge in [-0.15, -0.1) is 16.4 Å². The van der Waals surface area contributed by atoms with Crippen LogP contribution in [0, 0.1) is 0 Å². The van der Waals surface area contributed by atoms with Gasteiger partial charge >= 0.3 is 0 Å². The van der Waals surface area contributed by atoms with Gasteiger partial charge in [-0.1, -0.05) is 35.0 Å². The predicted molar refractivity (Wildman–Crippen MR) is 88.7 cm³/mol. The lowest BCUT2D eigenvalue weighted by Gasteiger charge is -2.03.